The number of carboxylic acid groups (broad SMARTS) is 1. The molecule has 2 N–H and O–H groups in total. The number of aliphatic carboxylic acids is 1. The lowest BCUT2D eigenvalue weighted by molar-refractivity contribution is -0.139. The zero-order valence-electron chi connectivity index (χ0n) is 15.2. The van der Waals surface area contributed by atoms with Crippen molar-refractivity contribution in [2.45, 2.75) is 12.5 Å². The summed E-state index contributed by atoms with van der Waals surface area (Å²) < 4.78 is 5.35. The summed E-state index contributed by atoms with van der Waals surface area (Å²) in [5, 5.41) is 12.6. The van der Waals surface area contributed by atoms with Gasteiger partial charge in [-0.15, -0.1) is 0 Å². The van der Waals surface area contributed by atoms with Crippen LogP contribution in [0.15, 0.2) is 63.8 Å². The van der Waals surface area contributed by atoms with Gasteiger partial charge in [0.2, 0.25) is 0 Å². The van der Waals surface area contributed by atoms with Gasteiger partial charge in [0.1, 0.15) is 11.6 Å². The second kappa shape index (κ2) is 8.75. The van der Waals surface area contributed by atoms with Crippen LogP contribution in [0.4, 0.5) is 0 Å². The predicted molar refractivity (Wildman–Crippen MR) is 110 cm³/mol. The molecule has 3 rings (SSSR count). The Morgan fingerprint density at radius 3 is 2.68 bits per heavy atom. The number of hydrogen-bond donors (Lipinski definition) is 2. The van der Waals surface area contributed by atoms with Crippen molar-refractivity contribution in [2.24, 2.45) is 0 Å². The monoisotopic (exact) mass is 397 g/mol. The van der Waals surface area contributed by atoms with Gasteiger partial charge in [-0.1, -0.05) is 30.3 Å². The smallest absolute Gasteiger partial charge is 0.344 e. The van der Waals surface area contributed by atoms with Crippen molar-refractivity contribution < 1.29 is 19.1 Å². The van der Waals surface area contributed by atoms with E-state index >= 15 is 0 Å². The number of hydrogen-bond acceptors (Lipinski definition) is 5. The van der Waals surface area contributed by atoms with E-state index < -0.39 is 23.5 Å². The van der Waals surface area contributed by atoms with Gasteiger partial charge in [0, 0.05) is 10.9 Å². The van der Waals surface area contributed by atoms with Crippen LogP contribution in [0.25, 0.3) is 22.1 Å². The minimum atomic E-state index is -1.08. The van der Waals surface area contributed by atoms with E-state index in [9.17, 15) is 19.5 Å². The van der Waals surface area contributed by atoms with Gasteiger partial charge in [-0.05, 0) is 48.3 Å². The van der Waals surface area contributed by atoms with E-state index in [0.717, 1.165) is 5.39 Å². The summed E-state index contributed by atoms with van der Waals surface area (Å²) in [6.45, 7) is 0. The molecule has 0 bridgehead atoms. The van der Waals surface area contributed by atoms with E-state index in [0.29, 0.717) is 28.9 Å². The number of carbonyl (C=O) groups excluding carboxylic acids is 1. The van der Waals surface area contributed by atoms with Gasteiger partial charge in [-0.3, -0.25) is 4.79 Å². The number of benzene rings is 2. The van der Waals surface area contributed by atoms with Crippen LogP contribution in [0.1, 0.15) is 16.8 Å². The van der Waals surface area contributed by atoms with Crippen molar-refractivity contribution in [1.82, 2.24) is 5.32 Å². The van der Waals surface area contributed by atoms with Gasteiger partial charge < -0.3 is 14.8 Å². The van der Waals surface area contributed by atoms with Gasteiger partial charge in [-0.25, -0.2) is 9.59 Å². The number of carboxylic acids is 1. The normalized spacial score (nSPS) is 11.9. The summed E-state index contributed by atoms with van der Waals surface area (Å²) in [6.07, 6.45) is 2.20. The quantitative estimate of drug-likeness (QED) is 0.593. The van der Waals surface area contributed by atoms with Crippen molar-refractivity contribution in [3.8, 4) is 11.1 Å². The topological polar surface area (TPSA) is 96.6 Å². The average molecular weight is 397 g/mol. The lowest BCUT2D eigenvalue weighted by Gasteiger charge is -2.14. The minimum Gasteiger partial charge on any atom is -0.480 e. The van der Waals surface area contributed by atoms with Gasteiger partial charge in [0.25, 0.3) is 5.91 Å². The number of amides is 1. The molecule has 0 radical (unpaired) electrons. The molecule has 28 heavy (non-hydrogen) atoms. The van der Waals surface area contributed by atoms with Crippen molar-refractivity contribution in [1.29, 1.82) is 0 Å². The summed E-state index contributed by atoms with van der Waals surface area (Å²) in [6, 6.07) is 14.4. The molecular weight excluding hydrogens is 378 g/mol. The van der Waals surface area contributed by atoms with Gasteiger partial charge in [-0.2, -0.15) is 11.8 Å². The molecule has 144 valence electrons. The largest absolute Gasteiger partial charge is 0.480 e. The Kier molecular flexibility index (Phi) is 6.16. The molecule has 0 aliphatic carbocycles. The second-order valence-electron chi connectivity index (χ2n) is 6.21. The minimum absolute atomic E-state index is 0.278. The highest BCUT2D eigenvalue weighted by molar-refractivity contribution is 7.98. The summed E-state index contributed by atoms with van der Waals surface area (Å²) in [5.41, 5.74) is 1.14. The molecule has 1 atom stereocenters. The number of fused-ring (bicyclic) bond motifs is 1. The number of para-hydroxylation sites is 1. The zero-order chi connectivity index (χ0) is 20.1. The van der Waals surface area contributed by atoms with Crippen LogP contribution in [0.2, 0.25) is 0 Å². The first kappa shape index (κ1) is 19.7. The van der Waals surface area contributed by atoms with Crippen LogP contribution >= 0.6 is 11.8 Å². The molecule has 1 amide bonds. The van der Waals surface area contributed by atoms with Crippen LogP contribution in [0.5, 0.6) is 0 Å². The second-order valence-corrected chi connectivity index (χ2v) is 7.20. The molecule has 7 heteroatoms. The van der Waals surface area contributed by atoms with Crippen molar-refractivity contribution in [2.75, 3.05) is 12.0 Å². The molecular formula is C21H19NO5S. The Hall–Kier alpha value is -3.06. The Balaban J connectivity index is 1.90. The Bertz CT molecular complexity index is 1080. The Labute approximate surface area is 165 Å². The average Bonchev–Trinajstić information content (AvgIpc) is 2.70. The third kappa shape index (κ3) is 4.43. The van der Waals surface area contributed by atoms with E-state index in [-0.39, 0.29) is 5.56 Å². The van der Waals surface area contributed by atoms with Gasteiger partial charge >= 0.3 is 11.6 Å². The molecule has 0 aliphatic rings. The van der Waals surface area contributed by atoms with Crippen LogP contribution in [-0.4, -0.2) is 35.0 Å². The number of rotatable bonds is 7. The number of nitrogens with one attached hydrogen (secondary N) is 1. The molecule has 0 saturated carbocycles. The molecule has 1 unspecified atom stereocenters. The van der Waals surface area contributed by atoms with E-state index in [2.05, 4.69) is 5.32 Å². The maximum Gasteiger partial charge on any atom is 0.344 e. The predicted octanol–water partition coefficient (Wildman–Crippen LogP) is 3.40. The lowest BCUT2D eigenvalue weighted by Crippen LogP contribution is -2.41. The summed E-state index contributed by atoms with van der Waals surface area (Å²) >= 11 is 1.51. The van der Waals surface area contributed by atoms with Crippen molar-refractivity contribution in [3.05, 3.63) is 70.6 Å². The molecule has 0 saturated heterocycles. The third-order valence-electron chi connectivity index (χ3n) is 4.29. The molecule has 1 heterocycles. The summed E-state index contributed by atoms with van der Waals surface area (Å²) in [7, 11) is 0. The van der Waals surface area contributed by atoms with Gasteiger partial charge in [0.15, 0.2) is 0 Å². The van der Waals surface area contributed by atoms with E-state index in [1.54, 1.807) is 42.5 Å². The molecule has 0 aliphatic heterocycles. The highest BCUT2D eigenvalue weighted by atomic mass is 32.2. The fourth-order valence-corrected chi connectivity index (χ4v) is 3.30. The molecule has 2 aromatic carbocycles. The molecule has 0 fully saturated rings. The first-order valence-corrected chi connectivity index (χ1v) is 10.0. The SMILES string of the molecule is CSCCC(NC(=O)c1cccc(-c2cc3ccccc3oc2=O)c1)C(=O)O. The molecule has 1 aromatic heterocycles. The zero-order valence-corrected chi connectivity index (χ0v) is 16.0. The maximum atomic E-state index is 12.5. The first-order chi connectivity index (χ1) is 13.5. The van der Waals surface area contributed by atoms with Crippen LogP contribution in [0, 0.1) is 0 Å². The van der Waals surface area contributed by atoms with Crippen LogP contribution in [0.3, 0.4) is 0 Å². The standard InChI is InChI=1S/C21H19NO5S/c1-28-10-9-17(20(24)25)22-19(23)15-7-4-6-13(11-15)16-12-14-5-2-3-8-18(14)27-21(16)26/h2-8,11-12,17H,9-10H2,1H3,(H,22,23)(H,24,25). The summed E-state index contributed by atoms with van der Waals surface area (Å²) in [5.74, 6) is -0.954. The lowest BCUT2D eigenvalue weighted by atomic mass is 10.0. The highest BCUT2D eigenvalue weighted by Crippen LogP contribution is 2.22. The fourth-order valence-electron chi connectivity index (χ4n) is 2.83. The number of carbonyl (C=O) groups is 2. The van der Waals surface area contributed by atoms with E-state index in [4.69, 9.17) is 4.42 Å². The highest BCUT2D eigenvalue weighted by Gasteiger charge is 2.20. The number of thioether (sulfide) groups is 1. The van der Waals surface area contributed by atoms with E-state index in [1.165, 1.54) is 11.8 Å². The van der Waals surface area contributed by atoms with Crippen molar-refractivity contribution >= 4 is 34.6 Å². The first-order valence-electron chi connectivity index (χ1n) is 8.65. The van der Waals surface area contributed by atoms with Crippen LogP contribution < -0.4 is 10.9 Å². The maximum absolute atomic E-state index is 12.5. The van der Waals surface area contributed by atoms with Crippen molar-refractivity contribution in [3.63, 3.8) is 0 Å². The Morgan fingerprint density at radius 1 is 1.14 bits per heavy atom. The van der Waals surface area contributed by atoms with Crippen LogP contribution in [-0.2, 0) is 4.79 Å². The van der Waals surface area contributed by atoms with E-state index in [1.807, 2.05) is 18.4 Å². The third-order valence-corrected chi connectivity index (χ3v) is 4.94. The fraction of sp³-hybridized carbons (Fsp3) is 0.190. The molecule has 6 nitrogen and oxygen atoms in total. The summed E-state index contributed by atoms with van der Waals surface area (Å²) in [4.78, 5) is 36.2. The Morgan fingerprint density at radius 2 is 1.93 bits per heavy atom. The van der Waals surface area contributed by atoms with Gasteiger partial charge in [0.05, 0.1) is 5.56 Å². The molecule has 3 aromatic rings. The molecule has 0 spiro atoms.